The first-order valence-electron chi connectivity index (χ1n) is 3.53. The molecular formula is C8H8BrN3. The van der Waals surface area contributed by atoms with E-state index in [0.29, 0.717) is 11.2 Å². The number of alkyl halides is 1. The molecule has 1 aromatic rings. The van der Waals surface area contributed by atoms with E-state index in [9.17, 15) is 0 Å². The third-order valence-corrected chi connectivity index (χ3v) is 2.08. The standard InChI is InChI=1S/C8H8BrN3/c1-6-2-3-11-8(12-6)7(4-9)5-10/h2-3,7H,4H2,1H3. The van der Waals surface area contributed by atoms with Crippen molar-refractivity contribution < 1.29 is 0 Å². The van der Waals surface area contributed by atoms with E-state index in [-0.39, 0.29) is 5.92 Å². The average molecular weight is 226 g/mol. The number of nitriles is 1. The molecule has 1 aromatic heterocycles. The number of nitrogens with zero attached hydrogens (tertiary/aromatic N) is 3. The summed E-state index contributed by atoms with van der Waals surface area (Å²) >= 11 is 3.23. The summed E-state index contributed by atoms with van der Waals surface area (Å²) in [6.45, 7) is 1.88. The third-order valence-electron chi connectivity index (χ3n) is 1.44. The van der Waals surface area contributed by atoms with Gasteiger partial charge >= 0.3 is 0 Å². The van der Waals surface area contributed by atoms with Gasteiger partial charge < -0.3 is 0 Å². The zero-order valence-electron chi connectivity index (χ0n) is 6.66. The molecule has 0 aliphatic rings. The maximum atomic E-state index is 8.71. The highest BCUT2D eigenvalue weighted by molar-refractivity contribution is 9.09. The Balaban J connectivity index is 2.95. The molecule has 0 aliphatic heterocycles. The van der Waals surface area contributed by atoms with Crippen molar-refractivity contribution in [3.05, 3.63) is 23.8 Å². The van der Waals surface area contributed by atoms with Crippen LogP contribution in [0.4, 0.5) is 0 Å². The molecule has 12 heavy (non-hydrogen) atoms. The van der Waals surface area contributed by atoms with Gasteiger partial charge in [-0.2, -0.15) is 5.26 Å². The van der Waals surface area contributed by atoms with Gasteiger partial charge in [-0.3, -0.25) is 0 Å². The van der Waals surface area contributed by atoms with Crippen molar-refractivity contribution in [3.63, 3.8) is 0 Å². The smallest absolute Gasteiger partial charge is 0.146 e. The Morgan fingerprint density at radius 3 is 3.00 bits per heavy atom. The fraction of sp³-hybridized carbons (Fsp3) is 0.375. The molecule has 1 heterocycles. The van der Waals surface area contributed by atoms with Gasteiger partial charge in [0.05, 0.1) is 6.07 Å². The summed E-state index contributed by atoms with van der Waals surface area (Å²) in [5.74, 6) is 0.347. The Hall–Kier alpha value is -0.950. The second kappa shape index (κ2) is 4.17. The predicted molar refractivity (Wildman–Crippen MR) is 48.9 cm³/mol. The summed E-state index contributed by atoms with van der Waals surface area (Å²) < 4.78 is 0. The second-order valence-corrected chi connectivity index (χ2v) is 3.04. The molecular weight excluding hydrogens is 218 g/mol. The van der Waals surface area contributed by atoms with Crippen LogP contribution in [0.15, 0.2) is 12.3 Å². The highest BCUT2D eigenvalue weighted by Gasteiger charge is 2.11. The SMILES string of the molecule is Cc1ccnc(C(C#N)CBr)n1. The van der Waals surface area contributed by atoms with Gasteiger partial charge in [0.2, 0.25) is 0 Å². The maximum Gasteiger partial charge on any atom is 0.146 e. The van der Waals surface area contributed by atoms with Crippen LogP contribution in [0, 0.1) is 18.3 Å². The number of rotatable bonds is 2. The molecule has 0 aromatic carbocycles. The van der Waals surface area contributed by atoms with Crippen LogP contribution in [0.3, 0.4) is 0 Å². The van der Waals surface area contributed by atoms with E-state index < -0.39 is 0 Å². The summed E-state index contributed by atoms with van der Waals surface area (Å²) in [7, 11) is 0. The van der Waals surface area contributed by atoms with E-state index in [1.165, 1.54) is 0 Å². The fourth-order valence-corrected chi connectivity index (χ4v) is 1.23. The van der Waals surface area contributed by atoms with Crippen molar-refractivity contribution in [1.82, 2.24) is 9.97 Å². The molecule has 1 rings (SSSR count). The molecule has 0 spiro atoms. The predicted octanol–water partition coefficient (Wildman–Crippen LogP) is 1.79. The first-order valence-corrected chi connectivity index (χ1v) is 4.65. The summed E-state index contributed by atoms with van der Waals surface area (Å²) in [6, 6.07) is 3.94. The van der Waals surface area contributed by atoms with Crippen LogP contribution in [0.5, 0.6) is 0 Å². The first-order chi connectivity index (χ1) is 5.77. The van der Waals surface area contributed by atoms with E-state index in [0.717, 1.165) is 5.69 Å². The van der Waals surface area contributed by atoms with Crippen LogP contribution >= 0.6 is 15.9 Å². The molecule has 0 fully saturated rings. The summed E-state index contributed by atoms with van der Waals surface area (Å²) in [4.78, 5) is 8.17. The summed E-state index contributed by atoms with van der Waals surface area (Å²) in [5.41, 5.74) is 0.890. The van der Waals surface area contributed by atoms with E-state index in [2.05, 4.69) is 32.0 Å². The number of hydrogen-bond donors (Lipinski definition) is 0. The molecule has 1 unspecified atom stereocenters. The fourth-order valence-electron chi connectivity index (χ4n) is 0.797. The van der Waals surface area contributed by atoms with Gasteiger partial charge in [0, 0.05) is 17.2 Å². The molecule has 0 bridgehead atoms. The number of hydrogen-bond acceptors (Lipinski definition) is 3. The van der Waals surface area contributed by atoms with Gasteiger partial charge in [-0.25, -0.2) is 9.97 Å². The van der Waals surface area contributed by atoms with Crippen molar-refractivity contribution in [3.8, 4) is 6.07 Å². The Morgan fingerprint density at radius 2 is 2.50 bits per heavy atom. The Morgan fingerprint density at radius 1 is 1.75 bits per heavy atom. The van der Waals surface area contributed by atoms with Gasteiger partial charge in [-0.15, -0.1) is 0 Å². The van der Waals surface area contributed by atoms with Crippen LogP contribution in [0.25, 0.3) is 0 Å². The maximum absolute atomic E-state index is 8.71. The lowest BCUT2D eigenvalue weighted by Crippen LogP contribution is -2.03. The highest BCUT2D eigenvalue weighted by atomic mass is 79.9. The van der Waals surface area contributed by atoms with Crippen LogP contribution in [-0.4, -0.2) is 15.3 Å². The minimum Gasteiger partial charge on any atom is -0.240 e. The van der Waals surface area contributed by atoms with Gasteiger partial charge in [0.15, 0.2) is 0 Å². The summed E-state index contributed by atoms with van der Waals surface area (Å²) in [5, 5.41) is 9.29. The van der Waals surface area contributed by atoms with E-state index in [1.54, 1.807) is 6.20 Å². The van der Waals surface area contributed by atoms with Crippen molar-refractivity contribution in [2.24, 2.45) is 0 Å². The number of aryl methyl sites for hydroxylation is 1. The highest BCUT2D eigenvalue weighted by Crippen LogP contribution is 2.12. The van der Waals surface area contributed by atoms with Gasteiger partial charge in [0.25, 0.3) is 0 Å². The second-order valence-electron chi connectivity index (χ2n) is 2.39. The Bertz CT molecular complexity index is 305. The molecule has 1 atom stereocenters. The zero-order valence-corrected chi connectivity index (χ0v) is 8.24. The third kappa shape index (κ3) is 2.02. The minimum absolute atomic E-state index is 0.245. The van der Waals surface area contributed by atoms with Gasteiger partial charge in [-0.05, 0) is 13.0 Å². The molecule has 62 valence electrons. The number of aromatic nitrogens is 2. The van der Waals surface area contributed by atoms with E-state index >= 15 is 0 Å². The lowest BCUT2D eigenvalue weighted by Gasteiger charge is -2.02. The van der Waals surface area contributed by atoms with E-state index in [4.69, 9.17) is 5.26 Å². The molecule has 0 saturated carbocycles. The zero-order chi connectivity index (χ0) is 8.97. The van der Waals surface area contributed by atoms with Crippen molar-refractivity contribution in [2.75, 3.05) is 5.33 Å². The number of halogens is 1. The Labute approximate surface area is 79.6 Å². The normalized spacial score (nSPS) is 12.1. The quantitative estimate of drug-likeness (QED) is 0.722. The van der Waals surface area contributed by atoms with Gasteiger partial charge in [-0.1, -0.05) is 15.9 Å². The minimum atomic E-state index is -0.245. The van der Waals surface area contributed by atoms with Crippen LogP contribution in [0.2, 0.25) is 0 Å². The first kappa shape index (κ1) is 9.14. The van der Waals surface area contributed by atoms with Crippen molar-refractivity contribution in [2.45, 2.75) is 12.8 Å². The molecule has 0 radical (unpaired) electrons. The average Bonchev–Trinajstić information content (AvgIpc) is 2.07. The van der Waals surface area contributed by atoms with Crippen LogP contribution in [-0.2, 0) is 0 Å². The van der Waals surface area contributed by atoms with Crippen LogP contribution in [0.1, 0.15) is 17.4 Å². The Kier molecular flexibility index (Phi) is 3.18. The topological polar surface area (TPSA) is 49.6 Å². The largest absolute Gasteiger partial charge is 0.240 e. The molecule has 0 N–H and O–H groups in total. The molecule has 3 nitrogen and oxygen atoms in total. The molecule has 0 saturated heterocycles. The van der Waals surface area contributed by atoms with E-state index in [1.807, 2.05) is 13.0 Å². The molecule has 0 amide bonds. The lowest BCUT2D eigenvalue weighted by atomic mass is 10.2. The van der Waals surface area contributed by atoms with Crippen molar-refractivity contribution in [1.29, 1.82) is 5.26 Å². The lowest BCUT2D eigenvalue weighted by molar-refractivity contribution is 0.854. The van der Waals surface area contributed by atoms with Gasteiger partial charge in [0.1, 0.15) is 11.7 Å². The molecule has 4 heteroatoms. The summed E-state index contributed by atoms with van der Waals surface area (Å²) in [6.07, 6.45) is 1.67. The van der Waals surface area contributed by atoms with Crippen molar-refractivity contribution >= 4 is 15.9 Å². The monoisotopic (exact) mass is 225 g/mol. The molecule has 0 aliphatic carbocycles. The van der Waals surface area contributed by atoms with Crippen LogP contribution < -0.4 is 0 Å².